The number of nitrogens with one attached hydrogen (secondary N) is 1. The minimum atomic E-state index is -3.80. The van der Waals surface area contributed by atoms with Gasteiger partial charge >= 0.3 is 0 Å². The van der Waals surface area contributed by atoms with Gasteiger partial charge in [-0.05, 0) is 42.3 Å². The Bertz CT molecular complexity index is 1690. The highest BCUT2D eigenvalue weighted by Gasteiger charge is 2.44. The Kier molecular flexibility index (Phi) is 7.67. The highest BCUT2D eigenvalue weighted by atomic mass is 32.2. The summed E-state index contributed by atoms with van der Waals surface area (Å²) in [6, 6.07) is 24.2. The normalized spacial score (nSPS) is 17.2. The fourth-order valence-electron chi connectivity index (χ4n) is 5.32. The summed E-state index contributed by atoms with van der Waals surface area (Å²) in [5.41, 5.74) is 2.46. The minimum Gasteiger partial charge on any atom is -0.348 e. The lowest BCUT2D eigenvalue weighted by Crippen LogP contribution is -2.38. The van der Waals surface area contributed by atoms with Gasteiger partial charge < -0.3 is 4.98 Å². The molecule has 208 valence electrons. The molecule has 1 N–H and O–H groups in total. The van der Waals surface area contributed by atoms with E-state index in [0.717, 1.165) is 11.3 Å². The average Bonchev–Trinajstić information content (AvgIpc) is 3.58. The molecule has 1 atom stereocenters. The van der Waals surface area contributed by atoms with E-state index in [1.165, 1.54) is 8.61 Å². The number of sulfonamides is 2. The van der Waals surface area contributed by atoms with E-state index >= 15 is 0 Å². The van der Waals surface area contributed by atoms with Crippen LogP contribution >= 0.6 is 0 Å². The monoisotopic (exact) mass is 576 g/mol. The maximum Gasteiger partial charge on any atom is 0.264 e. The molecule has 0 amide bonds. The van der Waals surface area contributed by atoms with Crippen LogP contribution in [0.2, 0.25) is 0 Å². The SMILES string of the molecule is C=C(CN(CCc1cnc[nH]1)S(=O)(=O)c1ccccc1)CC1(C)CN(S(=O)(=O)c2ccccc2)c2ccccc21. The second kappa shape index (κ2) is 11.0. The van der Waals surface area contributed by atoms with Crippen molar-refractivity contribution in [3.63, 3.8) is 0 Å². The van der Waals surface area contributed by atoms with Crippen molar-refractivity contribution in [3.05, 3.63) is 121 Å². The summed E-state index contributed by atoms with van der Waals surface area (Å²) in [6.07, 6.45) is 4.12. The molecule has 8 nitrogen and oxygen atoms in total. The molecule has 0 spiro atoms. The Hall–Kier alpha value is -3.73. The van der Waals surface area contributed by atoms with E-state index < -0.39 is 25.5 Å². The van der Waals surface area contributed by atoms with Gasteiger partial charge in [0.15, 0.2) is 0 Å². The summed E-state index contributed by atoms with van der Waals surface area (Å²) in [5, 5.41) is 0. The number of hydrogen-bond donors (Lipinski definition) is 1. The summed E-state index contributed by atoms with van der Waals surface area (Å²) in [6.45, 7) is 6.86. The highest BCUT2D eigenvalue weighted by molar-refractivity contribution is 7.92. The van der Waals surface area contributed by atoms with Crippen LogP contribution in [-0.4, -0.2) is 50.7 Å². The predicted octanol–water partition coefficient (Wildman–Crippen LogP) is 4.76. The maximum atomic E-state index is 13.7. The first-order valence-electron chi connectivity index (χ1n) is 13.0. The third-order valence-electron chi connectivity index (χ3n) is 7.25. The summed E-state index contributed by atoms with van der Waals surface area (Å²) in [5.74, 6) is 0. The van der Waals surface area contributed by atoms with E-state index in [9.17, 15) is 16.8 Å². The van der Waals surface area contributed by atoms with Crippen LogP contribution in [-0.2, 0) is 31.9 Å². The summed E-state index contributed by atoms with van der Waals surface area (Å²) >= 11 is 0. The molecule has 5 rings (SSSR count). The molecule has 0 radical (unpaired) electrons. The molecule has 10 heteroatoms. The van der Waals surface area contributed by atoms with Crippen LogP contribution in [0.25, 0.3) is 0 Å². The molecule has 2 heterocycles. The lowest BCUT2D eigenvalue weighted by molar-refractivity contribution is 0.417. The minimum absolute atomic E-state index is 0.106. The number of imidazole rings is 1. The first-order chi connectivity index (χ1) is 19.1. The van der Waals surface area contributed by atoms with Crippen LogP contribution in [0.1, 0.15) is 24.6 Å². The van der Waals surface area contributed by atoms with Crippen LogP contribution in [0.5, 0.6) is 0 Å². The van der Waals surface area contributed by atoms with Gasteiger partial charge in [-0.25, -0.2) is 21.8 Å². The number of aromatic nitrogens is 2. The van der Waals surface area contributed by atoms with Gasteiger partial charge in [-0.1, -0.05) is 73.7 Å². The number of H-pyrrole nitrogens is 1. The van der Waals surface area contributed by atoms with Crippen LogP contribution in [0.15, 0.2) is 119 Å². The molecule has 0 saturated heterocycles. The molecular formula is C30H32N4O4S2. The van der Waals surface area contributed by atoms with Gasteiger partial charge in [-0.2, -0.15) is 4.31 Å². The summed E-state index contributed by atoms with van der Waals surface area (Å²) in [4.78, 5) is 7.50. The maximum absolute atomic E-state index is 13.7. The Balaban J connectivity index is 1.41. The van der Waals surface area contributed by atoms with Gasteiger partial charge in [-0.15, -0.1) is 0 Å². The topological polar surface area (TPSA) is 103 Å². The van der Waals surface area contributed by atoms with Crippen molar-refractivity contribution in [3.8, 4) is 0 Å². The third kappa shape index (κ3) is 5.47. The largest absolute Gasteiger partial charge is 0.348 e. The number of rotatable bonds is 11. The standard InChI is InChI=1S/C30H32N4O4S2/c1-24(21-33(18-17-25-20-31-23-32-25)39(35,36)26-11-5-3-6-12-26)19-30(2)22-34(29-16-10-9-15-28(29)30)40(37,38)27-13-7-4-8-14-27/h3-16,20,23H,1,17-19,21-22H2,2H3,(H,31,32). The van der Waals surface area contributed by atoms with Crippen molar-refractivity contribution >= 4 is 25.7 Å². The van der Waals surface area contributed by atoms with E-state index in [0.29, 0.717) is 24.1 Å². The van der Waals surface area contributed by atoms with Gasteiger partial charge in [0.1, 0.15) is 0 Å². The van der Waals surface area contributed by atoms with Gasteiger partial charge in [0.2, 0.25) is 10.0 Å². The predicted molar refractivity (Wildman–Crippen MR) is 156 cm³/mol. The molecule has 3 aromatic carbocycles. The highest BCUT2D eigenvalue weighted by Crippen LogP contribution is 2.46. The van der Waals surface area contributed by atoms with Gasteiger partial charge in [-0.3, -0.25) is 4.31 Å². The van der Waals surface area contributed by atoms with Gasteiger partial charge in [0, 0.05) is 43.4 Å². The van der Waals surface area contributed by atoms with Crippen molar-refractivity contribution in [2.75, 3.05) is 23.9 Å². The smallest absolute Gasteiger partial charge is 0.264 e. The lowest BCUT2D eigenvalue weighted by Gasteiger charge is -2.29. The lowest BCUT2D eigenvalue weighted by atomic mass is 9.79. The molecule has 1 unspecified atom stereocenters. The second-order valence-electron chi connectivity index (χ2n) is 10.3. The zero-order valence-electron chi connectivity index (χ0n) is 22.3. The number of nitrogens with zero attached hydrogens (tertiary/aromatic N) is 3. The number of para-hydroxylation sites is 1. The molecule has 0 fully saturated rings. The Labute approximate surface area is 236 Å². The van der Waals surface area contributed by atoms with Crippen LogP contribution in [0.3, 0.4) is 0 Å². The molecule has 0 bridgehead atoms. The van der Waals surface area contributed by atoms with Crippen LogP contribution in [0, 0.1) is 0 Å². The molecular weight excluding hydrogens is 544 g/mol. The van der Waals surface area contributed by atoms with Gasteiger partial charge in [0.05, 0.1) is 21.8 Å². The van der Waals surface area contributed by atoms with Crippen molar-refractivity contribution in [1.82, 2.24) is 14.3 Å². The number of benzene rings is 3. The van der Waals surface area contributed by atoms with E-state index in [1.807, 2.05) is 31.2 Å². The molecule has 1 aromatic heterocycles. The molecule has 1 aliphatic heterocycles. The van der Waals surface area contributed by atoms with E-state index in [4.69, 9.17) is 0 Å². The Morgan fingerprint density at radius 1 is 0.950 bits per heavy atom. The number of anilines is 1. The molecule has 40 heavy (non-hydrogen) atoms. The van der Waals surface area contributed by atoms with E-state index in [2.05, 4.69) is 16.5 Å². The van der Waals surface area contributed by atoms with E-state index in [1.54, 1.807) is 73.2 Å². The molecule has 1 aliphatic rings. The number of hydrogen-bond acceptors (Lipinski definition) is 5. The van der Waals surface area contributed by atoms with Crippen molar-refractivity contribution in [2.45, 2.75) is 35.0 Å². The molecule has 4 aromatic rings. The molecule has 0 aliphatic carbocycles. The van der Waals surface area contributed by atoms with Crippen molar-refractivity contribution < 1.29 is 16.8 Å². The van der Waals surface area contributed by atoms with Crippen LogP contribution < -0.4 is 4.31 Å². The van der Waals surface area contributed by atoms with Crippen molar-refractivity contribution in [2.24, 2.45) is 0 Å². The fourth-order valence-corrected chi connectivity index (χ4v) is 8.44. The van der Waals surface area contributed by atoms with Gasteiger partial charge in [0.25, 0.3) is 10.0 Å². The number of aromatic amines is 1. The average molecular weight is 577 g/mol. The first-order valence-corrected chi connectivity index (χ1v) is 15.9. The summed E-state index contributed by atoms with van der Waals surface area (Å²) < 4.78 is 57.5. The van der Waals surface area contributed by atoms with Crippen LogP contribution in [0.4, 0.5) is 5.69 Å². The fraction of sp³-hybridized carbons (Fsp3) is 0.233. The van der Waals surface area contributed by atoms with Crippen molar-refractivity contribution in [1.29, 1.82) is 0 Å². The number of fused-ring (bicyclic) bond motifs is 1. The first kappa shape index (κ1) is 27.8. The summed E-state index contributed by atoms with van der Waals surface area (Å²) in [7, 11) is -7.59. The second-order valence-corrected chi connectivity index (χ2v) is 14.1. The Morgan fingerprint density at radius 3 is 2.23 bits per heavy atom. The zero-order valence-corrected chi connectivity index (χ0v) is 23.9. The quantitative estimate of drug-likeness (QED) is 0.260. The Morgan fingerprint density at radius 2 is 1.57 bits per heavy atom. The molecule has 0 saturated carbocycles. The van der Waals surface area contributed by atoms with E-state index in [-0.39, 0.29) is 29.4 Å². The third-order valence-corrected chi connectivity index (χ3v) is 10.9. The zero-order chi connectivity index (χ0) is 28.4.